The molecular formula is C15H11Cl2NO4S. The van der Waals surface area contributed by atoms with Crippen LogP contribution in [0.15, 0.2) is 53.9 Å². The summed E-state index contributed by atoms with van der Waals surface area (Å²) in [4.78, 5) is 10.5. The zero-order chi connectivity index (χ0) is 17.0. The van der Waals surface area contributed by atoms with E-state index in [1.807, 2.05) is 0 Å². The first-order chi connectivity index (χ1) is 10.9. The van der Waals surface area contributed by atoms with Crippen LogP contribution < -0.4 is 4.74 Å². The highest BCUT2D eigenvalue weighted by Gasteiger charge is 2.19. The molecule has 23 heavy (non-hydrogen) atoms. The Hall–Kier alpha value is -1.89. The van der Waals surface area contributed by atoms with Crippen molar-refractivity contribution in [1.82, 2.24) is 0 Å². The molecule has 0 spiro atoms. The maximum atomic E-state index is 12.1. The Morgan fingerprint density at radius 2 is 2.00 bits per heavy atom. The molecule has 2 aromatic carbocycles. The van der Waals surface area contributed by atoms with E-state index in [0.29, 0.717) is 15.8 Å². The third-order valence-electron chi connectivity index (χ3n) is 2.76. The molecule has 0 bridgehead atoms. The Labute approximate surface area is 145 Å². The largest absolute Gasteiger partial charge is 0.456 e. The van der Waals surface area contributed by atoms with Crippen molar-refractivity contribution in [2.45, 2.75) is 4.90 Å². The van der Waals surface area contributed by atoms with Gasteiger partial charge in [-0.1, -0.05) is 29.3 Å². The van der Waals surface area contributed by atoms with Gasteiger partial charge in [-0.2, -0.15) is 0 Å². The van der Waals surface area contributed by atoms with Gasteiger partial charge in [0.2, 0.25) is 0 Å². The van der Waals surface area contributed by atoms with Crippen molar-refractivity contribution in [3.8, 4) is 11.5 Å². The second kappa shape index (κ2) is 7.59. The summed E-state index contributed by atoms with van der Waals surface area (Å²) in [6.07, 6.45) is 1.43. The molecule has 0 fully saturated rings. The van der Waals surface area contributed by atoms with Gasteiger partial charge < -0.3 is 4.74 Å². The predicted octanol–water partition coefficient (Wildman–Crippen LogP) is 4.99. The molecule has 0 heterocycles. The van der Waals surface area contributed by atoms with Crippen molar-refractivity contribution < 1.29 is 13.9 Å². The topological polar surface area (TPSA) is 69.4 Å². The van der Waals surface area contributed by atoms with Crippen LogP contribution in [-0.4, -0.2) is 14.9 Å². The van der Waals surface area contributed by atoms with Gasteiger partial charge in [0.25, 0.3) is 5.69 Å². The Morgan fingerprint density at radius 3 is 2.61 bits per heavy atom. The second-order valence-electron chi connectivity index (χ2n) is 4.36. The van der Waals surface area contributed by atoms with Gasteiger partial charge in [0.05, 0.1) is 20.7 Å². The molecule has 5 nitrogen and oxygen atoms in total. The Bertz CT molecular complexity index is 795. The summed E-state index contributed by atoms with van der Waals surface area (Å²) in [5.74, 6) is 0.726. The lowest BCUT2D eigenvalue weighted by Gasteiger charge is -2.09. The first-order valence-electron chi connectivity index (χ1n) is 6.33. The normalized spacial score (nSPS) is 11.7. The van der Waals surface area contributed by atoms with Gasteiger partial charge in [-0.3, -0.25) is 14.3 Å². The minimum Gasteiger partial charge on any atom is -0.456 e. The van der Waals surface area contributed by atoms with Gasteiger partial charge in [0.15, 0.2) is 0 Å². The van der Waals surface area contributed by atoms with E-state index in [4.69, 9.17) is 27.9 Å². The first kappa shape index (κ1) is 17.5. The first-order valence-corrected chi connectivity index (χ1v) is 8.40. The van der Waals surface area contributed by atoms with Crippen molar-refractivity contribution >= 4 is 39.7 Å². The number of hydrogen-bond acceptors (Lipinski definition) is 4. The van der Waals surface area contributed by atoms with Crippen LogP contribution in [0.2, 0.25) is 10.0 Å². The summed E-state index contributed by atoms with van der Waals surface area (Å²) >= 11 is 11.8. The Kier molecular flexibility index (Phi) is 5.76. The molecule has 0 N–H and O–H groups in total. The molecule has 0 aliphatic carbocycles. The van der Waals surface area contributed by atoms with Crippen molar-refractivity contribution in [1.29, 1.82) is 0 Å². The number of hydrogen-bond donors (Lipinski definition) is 0. The van der Waals surface area contributed by atoms with Gasteiger partial charge in [-0.25, -0.2) is 0 Å². The van der Waals surface area contributed by atoms with E-state index in [-0.39, 0.29) is 22.1 Å². The van der Waals surface area contributed by atoms with E-state index < -0.39 is 15.7 Å². The standard InChI is InChI=1S/C15H11Cl2NO4S/c1-2-7-23(21)15-9-11(4-5-13(15)18(19)20)22-14-6-3-10(16)8-12(14)17/h2-6,8-9H,1,7H2. The summed E-state index contributed by atoms with van der Waals surface area (Å²) in [5.41, 5.74) is -0.236. The van der Waals surface area contributed by atoms with Crippen LogP contribution >= 0.6 is 23.2 Å². The number of rotatable bonds is 6. The number of ether oxygens (including phenoxy) is 1. The van der Waals surface area contributed by atoms with Crippen LogP contribution in [0.5, 0.6) is 11.5 Å². The van der Waals surface area contributed by atoms with Gasteiger partial charge in [-0.15, -0.1) is 6.58 Å². The molecule has 0 radical (unpaired) electrons. The Balaban J connectivity index is 2.40. The highest BCUT2D eigenvalue weighted by atomic mass is 35.5. The van der Waals surface area contributed by atoms with E-state index in [1.54, 1.807) is 12.1 Å². The highest BCUT2D eigenvalue weighted by Crippen LogP contribution is 2.34. The number of nitro groups is 1. The highest BCUT2D eigenvalue weighted by molar-refractivity contribution is 7.85. The van der Waals surface area contributed by atoms with Crippen LogP contribution in [-0.2, 0) is 10.8 Å². The molecule has 1 unspecified atom stereocenters. The van der Waals surface area contributed by atoms with Crippen molar-refractivity contribution in [3.05, 3.63) is 69.2 Å². The third kappa shape index (κ3) is 4.31. The lowest BCUT2D eigenvalue weighted by atomic mass is 10.3. The molecule has 2 rings (SSSR count). The number of nitro benzene ring substituents is 1. The van der Waals surface area contributed by atoms with Gasteiger partial charge >= 0.3 is 0 Å². The fraction of sp³-hybridized carbons (Fsp3) is 0.0667. The molecule has 0 saturated heterocycles. The fourth-order valence-electron chi connectivity index (χ4n) is 1.77. The minimum atomic E-state index is -1.59. The number of nitrogens with zero attached hydrogens (tertiary/aromatic N) is 1. The zero-order valence-corrected chi connectivity index (χ0v) is 14.0. The second-order valence-corrected chi connectivity index (χ2v) is 6.67. The zero-order valence-electron chi connectivity index (χ0n) is 11.7. The lowest BCUT2D eigenvalue weighted by Crippen LogP contribution is -2.01. The van der Waals surface area contributed by atoms with Gasteiger partial charge in [-0.05, 0) is 24.3 Å². The van der Waals surface area contributed by atoms with E-state index in [2.05, 4.69) is 6.58 Å². The van der Waals surface area contributed by atoms with Crippen LogP contribution in [0.25, 0.3) is 0 Å². The SMILES string of the molecule is C=CCS(=O)c1cc(Oc2ccc(Cl)cc2Cl)ccc1[N+](=O)[O-]. The van der Waals surface area contributed by atoms with Crippen LogP contribution in [0.1, 0.15) is 0 Å². The third-order valence-corrected chi connectivity index (χ3v) is 4.65. The Morgan fingerprint density at radius 1 is 1.26 bits per heavy atom. The quantitative estimate of drug-likeness (QED) is 0.407. The number of benzene rings is 2. The molecule has 0 aliphatic heterocycles. The van der Waals surface area contributed by atoms with Crippen LogP contribution in [0.4, 0.5) is 5.69 Å². The molecule has 0 aromatic heterocycles. The predicted molar refractivity (Wildman–Crippen MR) is 91.1 cm³/mol. The van der Waals surface area contributed by atoms with Crippen molar-refractivity contribution in [2.75, 3.05) is 5.75 Å². The summed E-state index contributed by atoms with van der Waals surface area (Å²) in [7, 11) is -1.59. The minimum absolute atomic E-state index is 0.0671. The average molecular weight is 372 g/mol. The monoisotopic (exact) mass is 371 g/mol. The molecule has 1 atom stereocenters. The molecule has 2 aromatic rings. The number of halogens is 2. The summed E-state index contributed by atoms with van der Waals surface area (Å²) < 4.78 is 17.7. The fourth-order valence-corrected chi connectivity index (χ4v) is 3.24. The maximum absolute atomic E-state index is 12.1. The van der Waals surface area contributed by atoms with Crippen molar-refractivity contribution in [3.63, 3.8) is 0 Å². The van der Waals surface area contributed by atoms with E-state index >= 15 is 0 Å². The van der Waals surface area contributed by atoms with Crippen molar-refractivity contribution in [2.24, 2.45) is 0 Å². The van der Waals surface area contributed by atoms with Gasteiger partial charge in [0, 0.05) is 22.9 Å². The average Bonchev–Trinajstić information content (AvgIpc) is 2.50. The van der Waals surface area contributed by atoms with E-state index in [9.17, 15) is 14.3 Å². The summed E-state index contributed by atoms with van der Waals surface area (Å²) in [5, 5.41) is 11.8. The van der Waals surface area contributed by atoms with Crippen LogP contribution in [0, 0.1) is 10.1 Å². The molecular weight excluding hydrogens is 361 g/mol. The maximum Gasteiger partial charge on any atom is 0.285 e. The van der Waals surface area contributed by atoms with E-state index in [1.165, 1.54) is 30.3 Å². The summed E-state index contributed by atoms with van der Waals surface area (Å²) in [6, 6.07) is 8.72. The molecule has 120 valence electrons. The molecule has 8 heteroatoms. The smallest absolute Gasteiger partial charge is 0.285 e. The molecule has 0 saturated carbocycles. The van der Waals surface area contributed by atoms with Gasteiger partial charge in [0.1, 0.15) is 16.4 Å². The lowest BCUT2D eigenvalue weighted by molar-refractivity contribution is -0.387. The van der Waals surface area contributed by atoms with Crippen LogP contribution in [0.3, 0.4) is 0 Å². The summed E-state index contributed by atoms with van der Waals surface area (Å²) in [6.45, 7) is 3.49. The molecule has 0 amide bonds. The van der Waals surface area contributed by atoms with E-state index in [0.717, 1.165) is 0 Å². The molecule has 0 aliphatic rings.